The Labute approximate surface area is 101 Å². The minimum atomic E-state index is -0.853. The fourth-order valence-electron chi connectivity index (χ4n) is 2.01. The molecule has 0 aromatic carbocycles. The molecule has 0 aromatic rings. The van der Waals surface area contributed by atoms with Gasteiger partial charge in [-0.05, 0) is 34.6 Å². The summed E-state index contributed by atoms with van der Waals surface area (Å²) in [6.07, 6.45) is -1.75. The van der Waals surface area contributed by atoms with Gasteiger partial charge in [-0.25, -0.2) is 0 Å². The molecule has 2 aliphatic heterocycles. The first-order chi connectivity index (χ1) is 7.68. The van der Waals surface area contributed by atoms with E-state index in [4.69, 9.17) is 18.9 Å². The van der Waals surface area contributed by atoms with E-state index in [1.54, 1.807) is 13.8 Å². The summed E-state index contributed by atoms with van der Waals surface area (Å²) in [5.74, 6) is -0.924. The SMILES string of the molecule is CC(C)(C)O[C@@H]1OC[C@@H]2OC(C)(C)O[C@@H]2C1=O. The van der Waals surface area contributed by atoms with Crippen LogP contribution in [0.1, 0.15) is 34.6 Å². The lowest BCUT2D eigenvalue weighted by molar-refractivity contribution is -0.223. The van der Waals surface area contributed by atoms with Gasteiger partial charge in [0.2, 0.25) is 12.1 Å². The molecule has 2 heterocycles. The molecule has 0 radical (unpaired) electrons. The molecule has 98 valence electrons. The van der Waals surface area contributed by atoms with Gasteiger partial charge in [0.1, 0.15) is 6.10 Å². The van der Waals surface area contributed by atoms with Crippen molar-refractivity contribution in [2.75, 3.05) is 6.61 Å². The molecule has 0 unspecified atom stereocenters. The second kappa shape index (κ2) is 4.02. The molecule has 0 aliphatic carbocycles. The molecule has 2 saturated heterocycles. The Morgan fingerprint density at radius 3 is 2.53 bits per heavy atom. The highest BCUT2D eigenvalue weighted by molar-refractivity contribution is 5.87. The molecule has 2 fully saturated rings. The molecular weight excluding hydrogens is 224 g/mol. The lowest BCUT2D eigenvalue weighted by Gasteiger charge is -2.32. The molecule has 2 rings (SSSR count). The van der Waals surface area contributed by atoms with Crippen LogP contribution >= 0.6 is 0 Å². The maximum atomic E-state index is 12.1. The van der Waals surface area contributed by atoms with Crippen molar-refractivity contribution in [2.24, 2.45) is 0 Å². The van der Waals surface area contributed by atoms with E-state index in [0.29, 0.717) is 6.61 Å². The zero-order valence-electron chi connectivity index (χ0n) is 11.0. The number of rotatable bonds is 1. The van der Waals surface area contributed by atoms with E-state index in [1.807, 2.05) is 20.8 Å². The molecule has 0 amide bonds. The summed E-state index contributed by atoms with van der Waals surface area (Å²) in [6.45, 7) is 9.54. The van der Waals surface area contributed by atoms with E-state index < -0.39 is 23.8 Å². The van der Waals surface area contributed by atoms with Crippen LogP contribution in [0, 0.1) is 0 Å². The van der Waals surface area contributed by atoms with Gasteiger partial charge in [-0.1, -0.05) is 0 Å². The Balaban J connectivity index is 2.06. The van der Waals surface area contributed by atoms with Crippen molar-refractivity contribution in [3.63, 3.8) is 0 Å². The topological polar surface area (TPSA) is 54.0 Å². The lowest BCUT2D eigenvalue weighted by atomic mass is 10.1. The van der Waals surface area contributed by atoms with Gasteiger partial charge in [-0.3, -0.25) is 4.79 Å². The van der Waals surface area contributed by atoms with Crippen molar-refractivity contribution < 1.29 is 23.7 Å². The summed E-state index contributed by atoms with van der Waals surface area (Å²) in [4.78, 5) is 12.1. The van der Waals surface area contributed by atoms with Gasteiger partial charge in [0.25, 0.3) is 0 Å². The molecule has 17 heavy (non-hydrogen) atoms. The average Bonchev–Trinajstić information content (AvgIpc) is 2.44. The number of carbonyl (C=O) groups excluding carboxylic acids is 1. The minimum absolute atomic E-state index is 0.193. The zero-order chi connectivity index (χ0) is 12.8. The fourth-order valence-corrected chi connectivity index (χ4v) is 2.01. The van der Waals surface area contributed by atoms with Crippen molar-refractivity contribution in [2.45, 2.75) is 64.5 Å². The maximum absolute atomic E-state index is 12.1. The van der Waals surface area contributed by atoms with Crippen LogP contribution in [0.2, 0.25) is 0 Å². The first kappa shape index (κ1) is 13.0. The van der Waals surface area contributed by atoms with Crippen molar-refractivity contribution in [3.05, 3.63) is 0 Å². The van der Waals surface area contributed by atoms with E-state index in [0.717, 1.165) is 0 Å². The van der Waals surface area contributed by atoms with Gasteiger partial charge in [0, 0.05) is 0 Å². The van der Waals surface area contributed by atoms with Gasteiger partial charge in [-0.2, -0.15) is 0 Å². The standard InChI is InChI=1S/C12H20O5/c1-11(2,3)17-10-8(13)9-7(6-14-10)15-12(4,5)16-9/h7,9-10H,6H2,1-5H3/t7-,9-,10-/m0/s1. The van der Waals surface area contributed by atoms with E-state index in [2.05, 4.69) is 0 Å². The van der Waals surface area contributed by atoms with E-state index >= 15 is 0 Å². The Hall–Kier alpha value is -0.490. The Bertz CT molecular complexity index is 317. The van der Waals surface area contributed by atoms with Crippen LogP contribution in [0.15, 0.2) is 0 Å². The van der Waals surface area contributed by atoms with Crippen LogP contribution in [0.25, 0.3) is 0 Å². The van der Waals surface area contributed by atoms with Crippen LogP contribution in [-0.4, -0.2) is 42.3 Å². The third-order valence-corrected chi connectivity index (χ3v) is 2.57. The molecule has 5 heteroatoms. The van der Waals surface area contributed by atoms with Crippen molar-refractivity contribution in [3.8, 4) is 0 Å². The molecule has 0 N–H and O–H groups in total. The number of ketones is 1. The molecule has 0 spiro atoms. The largest absolute Gasteiger partial charge is 0.343 e. The van der Waals surface area contributed by atoms with Gasteiger partial charge in [0.05, 0.1) is 12.2 Å². The Kier molecular flexibility index (Phi) is 3.06. The normalized spacial score (nSPS) is 37.0. The molecule has 0 aromatic heterocycles. The highest BCUT2D eigenvalue weighted by atomic mass is 16.8. The number of hydrogen-bond donors (Lipinski definition) is 0. The zero-order valence-corrected chi connectivity index (χ0v) is 11.0. The summed E-state index contributed by atoms with van der Waals surface area (Å²) in [7, 11) is 0. The highest BCUT2D eigenvalue weighted by Crippen LogP contribution is 2.33. The van der Waals surface area contributed by atoms with Crippen LogP contribution in [-0.2, 0) is 23.7 Å². The summed E-state index contributed by atoms with van der Waals surface area (Å²) in [5.41, 5.74) is -0.428. The van der Waals surface area contributed by atoms with Crippen LogP contribution < -0.4 is 0 Å². The molecule has 3 atom stereocenters. The number of Topliss-reactive ketones (excluding diaryl/α,β-unsaturated/α-hetero) is 1. The molecule has 0 saturated carbocycles. The second-order valence-electron chi connectivity index (χ2n) is 5.89. The summed E-state index contributed by atoms with van der Waals surface area (Å²) >= 11 is 0. The molecule has 5 nitrogen and oxygen atoms in total. The van der Waals surface area contributed by atoms with E-state index in [-0.39, 0.29) is 11.9 Å². The van der Waals surface area contributed by atoms with Crippen molar-refractivity contribution in [1.82, 2.24) is 0 Å². The monoisotopic (exact) mass is 244 g/mol. The van der Waals surface area contributed by atoms with Gasteiger partial charge in [-0.15, -0.1) is 0 Å². The minimum Gasteiger partial charge on any atom is -0.343 e. The van der Waals surface area contributed by atoms with Gasteiger partial charge >= 0.3 is 0 Å². The third kappa shape index (κ3) is 2.85. The van der Waals surface area contributed by atoms with Crippen LogP contribution in [0.4, 0.5) is 0 Å². The van der Waals surface area contributed by atoms with Crippen LogP contribution in [0.5, 0.6) is 0 Å². The third-order valence-electron chi connectivity index (χ3n) is 2.57. The average molecular weight is 244 g/mol. The Morgan fingerprint density at radius 1 is 1.29 bits per heavy atom. The quantitative estimate of drug-likeness (QED) is 0.694. The first-order valence-corrected chi connectivity index (χ1v) is 5.87. The molecule has 0 bridgehead atoms. The highest BCUT2D eigenvalue weighted by Gasteiger charge is 2.51. The number of hydrogen-bond acceptors (Lipinski definition) is 5. The van der Waals surface area contributed by atoms with Crippen molar-refractivity contribution in [1.29, 1.82) is 0 Å². The number of ether oxygens (including phenoxy) is 4. The number of fused-ring (bicyclic) bond motifs is 1. The van der Waals surface area contributed by atoms with E-state index in [9.17, 15) is 4.79 Å². The summed E-state index contributed by atoms with van der Waals surface area (Å²) in [5, 5.41) is 0. The van der Waals surface area contributed by atoms with Gasteiger partial charge < -0.3 is 18.9 Å². The van der Waals surface area contributed by atoms with E-state index in [1.165, 1.54) is 0 Å². The molecule has 2 aliphatic rings. The Morgan fingerprint density at radius 2 is 1.94 bits per heavy atom. The number of carbonyl (C=O) groups is 1. The maximum Gasteiger partial charge on any atom is 0.221 e. The summed E-state index contributed by atoms with van der Waals surface area (Å²) in [6, 6.07) is 0. The predicted molar refractivity (Wildman–Crippen MR) is 59.4 cm³/mol. The van der Waals surface area contributed by atoms with Crippen molar-refractivity contribution >= 4 is 5.78 Å². The first-order valence-electron chi connectivity index (χ1n) is 5.87. The smallest absolute Gasteiger partial charge is 0.221 e. The summed E-state index contributed by atoms with van der Waals surface area (Å²) < 4.78 is 22.1. The second-order valence-corrected chi connectivity index (χ2v) is 5.89. The predicted octanol–water partition coefficient (Wildman–Crippen LogP) is 1.25. The lowest BCUT2D eigenvalue weighted by Crippen LogP contribution is -2.51. The fraction of sp³-hybridized carbons (Fsp3) is 0.917. The van der Waals surface area contributed by atoms with Gasteiger partial charge in [0.15, 0.2) is 11.9 Å². The molecular formula is C12H20O5. The van der Waals surface area contributed by atoms with Crippen LogP contribution in [0.3, 0.4) is 0 Å².